The molecule has 1 nitrogen and oxygen atoms in total. The van der Waals surface area contributed by atoms with Gasteiger partial charge in [-0.3, -0.25) is 0 Å². The second kappa shape index (κ2) is 4.81. The fraction of sp³-hybridized carbons (Fsp3) is 0. The van der Waals surface area contributed by atoms with Crippen molar-refractivity contribution in [2.75, 3.05) is 0 Å². The first-order valence-electron chi connectivity index (χ1n) is 4.35. The van der Waals surface area contributed by atoms with Gasteiger partial charge >= 0.3 is 0 Å². The Hall–Kier alpha value is -0.800. The average molecular weight is 327 g/mol. The molecule has 0 aliphatic rings. The number of hydrogen-bond acceptors (Lipinski definition) is 1. The van der Waals surface area contributed by atoms with Crippen molar-refractivity contribution >= 4 is 31.9 Å². The maximum atomic E-state index is 5.71. The van der Waals surface area contributed by atoms with Crippen LogP contribution in [0.5, 0.6) is 11.5 Å². The Balaban J connectivity index is 2.32. The molecule has 2 aromatic rings. The van der Waals surface area contributed by atoms with Crippen molar-refractivity contribution in [2.24, 2.45) is 0 Å². The summed E-state index contributed by atoms with van der Waals surface area (Å²) >= 11 is 6.88. The average Bonchev–Trinajstić information content (AvgIpc) is 2.25. The molecule has 0 unspecified atom stereocenters. The van der Waals surface area contributed by atoms with Crippen LogP contribution in [0.15, 0.2) is 51.4 Å². The van der Waals surface area contributed by atoms with E-state index in [0.29, 0.717) is 0 Å². The summed E-state index contributed by atoms with van der Waals surface area (Å²) in [5.74, 6) is 1.54. The predicted molar refractivity (Wildman–Crippen MR) is 67.2 cm³/mol. The van der Waals surface area contributed by atoms with E-state index in [1.165, 1.54) is 0 Å². The van der Waals surface area contributed by atoms with Gasteiger partial charge in [0, 0.05) is 0 Å². The van der Waals surface area contributed by atoms with E-state index in [0.717, 1.165) is 20.4 Å². The molecule has 0 aliphatic heterocycles. The molecule has 0 aliphatic carbocycles. The van der Waals surface area contributed by atoms with E-state index < -0.39 is 0 Å². The van der Waals surface area contributed by atoms with Crippen LogP contribution >= 0.6 is 31.9 Å². The molecule has 0 aromatic heterocycles. The van der Waals surface area contributed by atoms with E-state index in [1.54, 1.807) is 6.07 Å². The van der Waals surface area contributed by atoms with Gasteiger partial charge in [0.05, 0.1) is 8.95 Å². The normalized spacial score (nSPS) is 10.0. The molecule has 0 amide bonds. The van der Waals surface area contributed by atoms with Crippen LogP contribution in [0.2, 0.25) is 0 Å². The summed E-state index contributed by atoms with van der Waals surface area (Å²) in [7, 11) is 0. The highest BCUT2D eigenvalue weighted by Gasteiger charge is 2.06. The van der Waals surface area contributed by atoms with E-state index >= 15 is 0 Å². The summed E-state index contributed by atoms with van der Waals surface area (Å²) in [5.41, 5.74) is 0. The lowest BCUT2D eigenvalue weighted by Gasteiger charge is -2.08. The number of ether oxygens (including phenoxy) is 1. The third kappa shape index (κ3) is 2.61. The molecule has 0 saturated carbocycles. The van der Waals surface area contributed by atoms with E-state index in [2.05, 4.69) is 37.9 Å². The molecule has 0 atom stereocenters. The van der Waals surface area contributed by atoms with Crippen molar-refractivity contribution in [2.45, 2.75) is 0 Å². The van der Waals surface area contributed by atoms with Gasteiger partial charge in [-0.05, 0) is 62.2 Å². The standard InChI is InChI=1S/C12H7Br2O/c13-10-7-4-8-11(14)12(10)15-9-5-2-1-3-6-9/h1-2,4-8H. The molecule has 0 fully saturated rings. The number of benzene rings is 2. The minimum atomic E-state index is 0.769. The lowest BCUT2D eigenvalue weighted by molar-refractivity contribution is 0.476. The van der Waals surface area contributed by atoms with Crippen molar-refractivity contribution < 1.29 is 4.74 Å². The minimum Gasteiger partial charge on any atom is -0.455 e. The molecule has 1 radical (unpaired) electrons. The van der Waals surface area contributed by atoms with Gasteiger partial charge in [0.1, 0.15) is 5.75 Å². The van der Waals surface area contributed by atoms with Crippen molar-refractivity contribution in [3.63, 3.8) is 0 Å². The summed E-state index contributed by atoms with van der Waals surface area (Å²) < 4.78 is 7.55. The van der Waals surface area contributed by atoms with Crippen molar-refractivity contribution in [3.8, 4) is 11.5 Å². The lowest BCUT2D eigenvalue weighted by atomic mass is 10.3. The predicted octanol–water partition coefficient (Wildman–Crippen LogP) is 4.80. The first kappa shape index (κ1) is 10.7. The van der Waals surface area contributed by atoms with Gasteiger partial charge in [-0.25, -0.2) is 0 Å². The molecule has 0 spiro atoms. The molecule has 0 heterocycles. The maximum Gasteiger partial charge on any atom is 0.155 e. The Labute approximate surface area is 105 Å². The SMILES string of the molecule is Brc1cccc(Br)c1Oc1c[c]ccc1. The fourth-order valence-corrected chi connectivity index (χ4v) is 2.30. The first-order valence-corrected chi connectivity index (χ1v) is 5.94. The molecule has 3 heteroatoms. The maximum absolute atomic E-state index is 5.71. The zero-order valence-corrected chi connectivity index (χ0v) is 10.9. The molecule has 0 saturated heterocycles. The van der Waals surface area contributed by atoms with Crippen LogP contribution in [0.4, 0.5) is 0 Å². The topological polar surface area (TPSA) is 9.23 Å². The van der Waals surface area contributed by atoms with Crippen LogP contribution in [0, 0.1) is 6.07 Å². The molecule has 2 aromatic carbocycles. The monoisotopic (exact) mass is 325 g/mol. The third-order valence-corrected chi connectivity index (χ3v) is 3.07. The van der Waals surface area contributed by atoms with Crippen LogP contribution in [0.25, 0.3) is 0 Å². The molecular weight excluding hydrogens is 320 g/mol. The van der Waals surface area contributed by atoms with Gasteiger partial charge in [-0.1, -0.05) is 18.2 Å². The number of hydrogen-bond donors (Lipinski definition) is 0. The second-order valence-corrected chi connectivity index (χ2v) is 4.60. The van der Waals surface area contributed by atoms with Crippen molar-refractivity contribution in [1.82, 2.24) is 0 Å². The van der Waals surface area contributed by atoms with E-state index in [1.807, 2.05) is 36.4 Å². The Morgan fingerprint density at radius 2 is 1.73 bits per heavy atom. The van der Waals surface area contributed by atoms with Crippen LogP contribution in [0.1, 0.15) is 0 Å². The number of rotatable bonds is 2. The molecule has 0 bridgehead atoms. The van der Waals surface area contributed by atoms with Gasteiger partial charge < -0.3 is 4.74 Å². The second-order valence-electron chi connectivity index (χ2n) is 2.89. The summed E-state index contributed by atoms with van der Waals surface area (Å²) in [6.07, 6.45) is 0. The molecule has 15 heavy (non-hydrogen) atoms. The Kier molecular flexibility index (Phi) is 3.44. The zero-order valence-electron chi connectivity index (χ0n) is 7.71. The molecule has 2 rings (SSSR count). The zero-order chi connectivity index (χ0) is 10.7. The summed E-state index contributed by atoms with van der Waals surface area (Å²) in [6, 6.07) is 16.2. The van der Waals surface area contributed by atoms with Crippen LogP contribution in [0.3, 0.4) is 0 Å². The highest BCUT2D eigenvalue weighted by atomic mass is 79.9. The molecule has 0 N–H and O–H groups in total. The third-order valence-electron chi connectivity index (χ3n) is 1.82. The molecular formula is C12H7Br2O. The van der Waals surface area contributed by atoms with Gasteiger partial charge in [0.2, 0.25) is 0 Å². The highest BCUT2D eigenvalue weighted by molar-refractivity contribution is 9.11. The minimum absolute atomic E-state index is 0.769. The van der Waals surface area contributed by atoms with E-state index in [9.17, 15) is 0 Å². The summed E-state index contributed by atoms with van der Waals surface area (Å²) in [5, 5.41) is 0. The van der Waals surface area contributed by atoms with E-state index in [4.69, 9.17) is 4.74 Å². The van der Waals surface area contributed by atoms with Crippen LogP contribution in [-0.4, -0.2) is 0 Å². The van der Waals surface area contributed by atoms with E-state index in [-0.39, 0.29) is 0 Å². The van der Waals surface area contributed by atoms with Crippen molar-refractivity contribution in [1.29, 1.82) is 0 Å². The van der Waals surface area contributed by atoms with Crippen molar-refractivity contribution in [3.05, 3.63) is 57.5 Å². The molecule has 75 valence electrons. The quantitative estimate of drug-likeness (QED) is 0.770. The Morgan fingerprint density at radius 3 is 2.33 bits per heavy atom. The van der Waals surface area contributed by atoms with Crippen LogP contribution in [-0.2, 0) is 0 Å². The fourth-order valence-electron chi connectivity index (χ4n) is 1.14. The summed E-state index contributed by atoms with van der Waals surface area (Å²) in [6.45, 7) is 0. The van der Waals surface area contributed by atoms with Gasteiger partial charge in [0.15, 0.2) is 5.75 Å². The highest BCUT2D eigenvalue weighted by Crippen LogP contribution is 2.36. The van der Waals surface area contributed by atoms with Crippen LogP contribution < -0.4 is 4.74 Å². The number of para-hydroxylation sites is 1. The van der Waals surface area contributed by atoms with Gasteiger partial charge in [0.25, 0.3) is 0 Å². The smallest absolute Gasteiger partial charge is 0.155 e. The Bertz CT molecular complexity index is 434. The lowest BCUT2D eigenvalue weighted by Crippen LogP contribution is -1.86. The largest absolute Gasteiger partial charge is 0.455 e. The Morgan fingerprint density at radius 1 is 1.00 bits per heavy atom. The first-order chi connectivity index (χ1) is 7.27. The van der Waals surface area contributed by atoms with Gasteiger partial charge in [-0.15, -0.1) is 0 Å². The summed E-state index contributed by atoms with van der Waals surface area (Å²) in [4.78, 5) is 0. The number of halogens is 2. The van der Waals surface area contributed by atoms with Gasteiger partial charge in [-0.2, -0.15) is 0 Å².